The Morgan fingerprint density at radius 3 is 2.04 bits per heavy atom. The van der Waals surface area contributed by atoms with Crippen LogP contribution in [0.25, 0.3) is 0 Å². The van der Waals surface area contributed by atoms with Crippen LogP contribution in [0, 0.1) is 0 Å². The maximum atomic E-state index is 13.1. The summed E-state index contributed by atoms with van der Waals surface area (Å²) in [5, 5.41) is 0. The smallest absolute Gasteiger partial charge is 0.339 e. The van der Waals surface area contributed by atoms with Gasteiger partial charge in [-0.15, -0.1) is 0 Å². The SMILES string of the molecule is COC(=O)[C@@H]1O[C@H]([n+]2cccc([C@@H]3C[C@@H](OC(=O)c4ccccc4)C(=O)N3C)c2)[C@@H](OC(C)=O)[C@H](OC(C)=O)[C@H]1OC(C)=O.[Br-]. The number of amides is 1. The van der Waals surface area contributed by atoms with E-state index < -0.39 is 78.5 Å². The van der Waals surface area contributed by atoms with Crippen molar-refractivity contribution in [2.75, 3.05) is 14.2 Å². The van der Waals surface area contributed by atoms with Gasteiger partial charge < -0.3 is 45.6 Å². The van der Waals surface area contributed by atoms with Crippen molar-refractivity contribution in [1.29, 1.82) is 0 Å². The number of hydrogen-bond donors (Lipinski definition) is 0. The van der Waals surface area contributed by atoms with E-state index >= 15 is 0 Å². The molecule has 2 fully saturated rings. The molecule has 14 nitrogen and oxygen atoms in total. The Morgan fingerprint density at radius 2 is 1.44 bits per heavy atom. The van der Waals surface area contributed by atoms with Gasteiger partial charge in [-0.3, -0.25) is 23.9 Å². The second kappa shape index (κ2) is 15.1. The van der Waals surface area contributed by atoms with Crippen LogP contribution in [0.5, 0.6) is 0 Å². The van der Waals surface area contributed by atoms with Crippen molar-refractivity contribution in [2.24, 2.45) is 0 Å². The lowest BCUT2D eigenvalue weighted by Gasteiger charge is -2.40. The van der Waals surface area contributed by atoms with Crippen LogP contribution in [-0.2, 0) is 52.4 Å². The summed E-state index contributed by atoms with van der Waals surface area (Å²) in [6, 6.07) is 11.1. The molecule has 0 spiro atoms. The first kappa shape index (κ1) is 35.1. The van der Waals surface area contributed by atoms with Crippen molar-refractivity contribution in [2.45, 2.75) is 70.0 Å². The zero-order valence-corrected chi connectivity index (χ0v) is 26.7. The Balaban J connectivity index is 0.00000552. The number of hydrogen-bond acceptors (Lipinski definition) is 12. The van der Waals surface area contributed by atoms with Gasteiger partial charge in [0.2, 0.25) is 12.2 Å². The number of benzene rings is 1. The molecule has 1 aromatic carbocycles. The van der Waals surface area contributed by atoms with Crippen LogP contribution < -0.4 is 21.5 Å². The van der Waals surface area contributed by atoms with E-state index in [1.54, 1.807) is 61.9 Å². The van der Waals surface area contributed by atoms with Gasteiger partial charge in [-0.2, -0.15) is 4.57 Å². The number of halogens is 1. The minimum atomic E-state index is -1.57. The second-order valence-corrected chi connectivity index (χ2v) is 10.2. The van der Waals surface area contributed by atoms with Crippen LogP contribution in [0.15, 0.2) is 54.9 Å². The van der Waals surface area contributed by atoms with E-state index in [1.165, 1.54) is 9.47 Å². The van der Waals surface area contributed by atoms with E-state index in [2.05, 4.69) is 0 Å². The molecular weight excluding hydrogens is 660 g/mol. The number of methoxy groups -OCH3 is 1. The zero-order chi connectivity index (χ0) is 32.1. The number of likely N-dealkylation sites (N-methyl/N-ethyl adjacent to an activating group) is 1. The van der Waals surface area contributed by atoms with Gasteiger partial charge in [0.05, 0.1) is 18.7 Å². The molecule has 0 saturated carbocycles. The van der Waals surface area contributed by atoms with Crippen molar-refractivity contribution in [3.63, 3.8) is 0 Å². The third-order valence-electron chi connectivity index (χ3n) is 7.16. The second-order valence-electron chi connectivity index (χ2n) is 10.2. The van der Waals surface area contributed by atoms with Gasteiger partial charge in [-0.05, 0) is 18.2 Å². The number of esters is 5. The quantitative estimate of drug-likeness (QED) is 0.170. The van der Waals surface area contributed by atoms with Crippen molar-refractivity contribution in [3.8, 4) is 0 Å². The minimum Gasteiger partial charge on any atom is -1.00 e. The van der Waals surface area contributed by atoms with Crippen LogP contribution in [0.3, 0.4) is 0 Å². The van der Waals surface area contributed by atoms with Crippen LogP contribution >= 0.6 is 0 Å². The largest absolute Gasteiger partial charge is 1.00 e. The molecule has 0 N–H and O–H groups in total. The van der Waals surface area contributed by atoms with Gasteiger partial charge in [-0.1, -0.05) is 18.2 Å². The summed E-state index contributed by atoms with van der Waals surface area (Å²) in [5.41, 5.74) is 0.900. The van der Waals surface area contributed by atoms with Crippen LogP contribution in [0.2, 0.25) is 0 Å². The fraction of sp³-hybridized carbons (Fsp3) is 0.433. The number of likely N-dealkylation sites (tertiary alicyclic amines) is 1. The monoisotopic (exact) mass is 692 g/mol. The molecule has 0 bridgehead atoms. The number of nitrogens with zero attached hydrogens (tertiary/aromatic N) is 2. The summed E-state index contributed by atoms with van der Waals surface area (Å²) in [7, 11) is 2.68. The summed E-state index contributed by atoms with van der Waals surface area (Å²) in [4.78, 5) is 76.2. The molecule has 1 aromatic heterocycles. The highest BCUT2D eigenvalue weighted by Gasteiger charge is 2.58. The molecule has 45 heavy (non-hydrogen) atoms. The lowest BCUT2D eigenvalue weighted by atomic mass is 9.96. The average molecular weight is 694 g/mol. The maximum Gasteiger partial charge on any atom is 0.339 e. The Kier molecular flexibility index (Phi) is 11.8. The Hall–Kier alpha value is -4.37. The van der Waals surface area contributed by atoms with Crippen LogP contribution in [-0.4, -0.2) is 85.3 Å². The first-order valence-electron chi connectivity index (χ1n) is 13.7. The topological polar surface area (TPSA) is 165 Å². The van der Waals surface area contributed by atoms with Crippen LogP contribution in [0.1, 0.15) is 55.4 Å². The molecule has 2 aromatic rings. The standard InChI is InChI=1S/C30H33N2O12.BrH/c1-16(33)40-23-24(41-17(2)34)26(30(38)39-5)44-28(25(23)42-18(3)35)32-13-9-12-20(15-32)21-14-22(27(36)31(21)4)43-29(37)19-10-7-6-8-11-19;/h6-13,15,21-26,28H,14H2,1-5H3;1H/q+1;/p-1/t21-,22+,23+,24+,25-,26+,28-;/m0./s1. The first-order chi connectivity index (χ1) is 20.9. The number of rotatable bonds is 8. The molecule has 2 aliphatic heterocycles. The fourth-order valence-electron chi connectivity index (χ4n) is 5.27. The molecule has 7 atom stereocenters. The Morgan fingerprint density at radius 1 is 0.844 bits per heavy atom. The molecule has 15 heteroatoms. The maximum absolute atomic E-state index is 13.1. The van der Waals surface area contributed by atoms with Gasteiger partial charge in [0.15, 0.2) is 30.7 Å². The van der Waals surface area contributed by atoms with Gasteiger partial charge in [0.1, 0.15) is 0 Å². The lowest BCUT2D eigenvalue weighted by Crippen LogP contribution is -3.00. The normalized spacial score (nSPS) is 25.8. The summed E-state index contributed by atoms with van der Waals surface area (Å²) in [5.74, 6) is -4.33. The number of pyridine rings is 1. The molecule has 2 saturated heterocycles. The third-order valence-corrected chi connectivity index (χ3v) is 7.16. The Labute approximate surface area is 269 Å². The fourth-order valence-corrected chi connectivity index (χ4v) is 5.27. The number of carbonyl (C=O) groups is 6. The summed E-state index contributed by atoms with van der Waals surface area (Å²) >= 11 is 0. The highest BCUT2D eigenvalue weighted by atomic mass is 79.9. The van der Waals surface area contributed by atoms with E-state index in [0.717, 1.165) is 27.9 Å². The third kappa shape index (κ3) is 8.02. The van der Waals surface area contributed by atoms with Gasteiger partial charge >= 0.3 is 36.1 Å². The number of ether oxygens (including phenoxy) is 6. The zero-order valence-electron chi connectivity index (χ0n) is 25.1. The van der Waals surface area contributed by atoms with Crippen molar-refractivity contribution < 1.29 is 78.7 Å². The lowest BCUT2D eigenvalue weighted by molar-refractivity contribution is -0.776. The van der Waals surface area contributed by atoms with Gasteiger partial charge in [0, 0.05) is 45.9 Å². The highest BCUT2D eigenvalue weighted by Crippen LogP contribution is 2.35. The van der Waals surface area contributed by atoms with E-state index in [4.69, 9.17) is 28.4 Å². The molecule has 0 radical (unpaired) electrons. The summed E-state index contributed by atoms with van der Waals surface area (Å²) in [6.45, 7) is 3.33. The number of carbonyl (C=O) groups excluding carboxylic acids is 6. The molecule has 0 unspecified atom stereocenters. The van der Waals surface area contributed by atoms with Crippen molar-refractivity contribution in [3.05, 3.63) is 66.0 Å². The van der Waals surface area contributed by atoms with E-state index in [9.17, 15) is 28.8 Å². The molecule has 0 aliphatic carbocycles. The van der Waals surface area contributed by atoms with E-state index in [-0.39, 0.29) is 23.4 Å². The average Bonchev–Trinajstić information content (AvgIpc) is 3.26. The molecule has 2 aliphatic rings. The van der Waals surface area contributed by atoms with Gasteiger partial charge in [0.25, 0.3) is 5.91 Å². The van der Waals surface area contributed by atoms with E-state index in [0.29, 0.717) is 11.1 Å². The van der Waals surface area contributed by atoms with Crippen molar-refractivity contribution in [1.82, 2.24) is 4.90 Å². The predicted molar refractivity (Wildman–Crippen MR) is 145 cm³/mol. The Bertz CT molecular complexity index is 1440. The van der Waals surface area contributed by atoms with Crippen molar-refractivity contribution >= 4 is 35.8 Å². The first-order valence-corrected chi connectivity index (χ1v) is 13.7. The summed E-state index contributed by atoms with van der Waals surface area (Å²) in [6.07, 6.45) is -4.94. The minimum absolute atomic E-state index is 0. The van der Waals surface area contributed by atoms with Gasteiger partial charge in [-0.25, -0.2) is 9.59 Å². The highest BCUT2D eigenvalue weighted by molar-refractivity contribution is 5.93. The van der Waals surface area contributed by atoms with E-state index in [1.807, 2.05) is 0 Å². The van der Waals surface area contributed by atoms with Crippen LogP contribution in [0.4, 0.5) is 0 Å². The molecule has 242 valence electrons. The number of aromatic nitrogens is 1. The molecule has 4 rings (SSSR count). The summed E-state index contributed by atoms with van der Waals surface area (Å²) < 4.78 is 34.2. The molecular formula is C30H33BrN2O12. The predicted octanol–water partition coefficient (Wildman–Crippen LogP) is -2.03. The molecule has 3 heterocycles. The molecule has 1 amide bonds.